The van der Waals surface area contributed by atoms with Crippen molar-refractivity contribution in [3.05, 3.63) is 24.5 Å². The predicted molar refractivity (Wildman–Crippen MR) is 116 cm³/mol. The molecule has 6 nitrogen and oxygen atoms in total. The second kappa shape index (κ2) is 10.6. The molecule has 0 spiro atoms. The molecular formula is C23H36N4O2. The van der Waals surface area contributed by atoms with Crippen LogP contribution in [0, 0.1) is 5.92 Å². The number of hydrogen-bond donors (Lipinski definition) is 0. The lowest BCUT2D eigenvalue weighted by atomic mass is 9.93. The number of likely N-dealkylation sites (tertiary alicyclic amines) is 1. The number of rotatable bonds is 7. The van der Waals surface area contributed by atoms with Gasteiger partial charge in [-0.1, -0.05) is 6.92 Å². The maximum Gasteiger partial charge on any atom is 0.245 e. The first-order chi connectivity index (χ1) is 14.1. The summed E-state index contributed by atoms with van der Waals surface area (Å²) >= 11 is 0. The van der Waals surface area contributed by atoms with Crippen LogP contribution in [0.5, 0.6) is 0 Å². The number of carbonyl (C=O) groups excluding carboxylic acids is 2. The van der Waals surface area contributed by atoms with Gasteiger partial charge in [0, 0.05) is 57.7 Å². The second-order valence-electron chi connectivity index (χ2n) is 8.53. The van der Waals surface area contributed by atoms with Crippen molar-refractivity contribution in [1.29, 1.82) is 0 Å². The molecular weight excluding hydrogens is 364 g/mol. The molecule has 6 heteroatoms. The van der Waals surface area contributed by atoms with Gasteiger partial charge >= 0.3 is 0 Å². The fourth-order valence-electron chi connectivity index (χ4n) is 4.62. The summed E-state index contributed by atoms with van der Waals surface area (Å²) in [6, 6.07) is 3.90. The third-order valence-electron chi connectivity index (χ3n) is 6.46. The maximum absolute atomic E-state index is 13.0. The lowest BCUT2D eigenvalue weighted by molar-refractivity contribution is -0.147. The molecule has 0 unspecified atom stereocenters. The van der Waals surface area contributed by atoms with E-state index in [-0.39, 0.29) is 17.9 Å². The molecule has 2 aliphatic heterocycles. The lowest BCUT2D eigenvalue weighted by Gasteiger charge is -2.38. The fourth-order valence-corrected chi connectivity index (χ4v) is 4.62. The molecule has 160 valence electrons. The highest BCUT2D eigenvalue weighted by Crippen LogP contribution is 2.25. The van der Waals surface area contributed by atoms with E-state index in [0.29, 0.717) is 12.3 Å². The molecule has 0 bridgehead atoms. The van der Waals surface area contributed by atoms with Crippen LogP contribution in [-0.2, 0) is 9.59 Å². The molecule has 29 heavy (non-hydrogen) atoms. The average Bonchev–Trinajstić information content (AvgIpc) is 2.78. The SMILES string of the molecule is CCCC(=O)N1CCCC[C@H]1C(=O)N(C)CCC1CCN(c2ccncc2)CC1. The van der Waals surface area contributed by atoms with Gasteiger partial charge in [0.05, 0.1) is 0 Å². The number of hydrogen-bond acceptors (Lipinski definition) is 4. The highest BCUT2D eigenvalue weighted by molar-refractivity contribution is 5.87. The van der Waals surface area contributed by atoms with Gasteiger partial charge in [-0.25, -0.2) is 0 Å². The first-order valence-corrected chi connectivity index (χ1v) is 11.3. The van der Waals surface area contributed by atoms with Crippen LogP contribution < -0.4 is 4.90 Å². The summed E-state index contributed by atoms with van der Waals surface area (Å²) in [4.78, 5) is 35.7. The Hall–Kier alpha value is -2.11. The van der Waals surface area contributed by atoms with E-state index in [2.05, 4.69) is 22.0 Å². The minimum Gasteiger partial charge on any atom is -0.371 e. The Morgan fingerprint density at radius 3 is 2.52 bits per heavy atom. The van der Waals surface area contributed by atoms with Crippen molar-refractivity contribution in [3.63, 3.8) is 0 Å². The van der Waals surface area contributed by atoms with Crippen LogP contribution in [0.15, 0.2) is 24.5 Å². The molecule has 2 saturated heterocycles. The smallest absolute Gasteiger partial charge is 0.245 e. The maximum atomic E-state index is 13.0. The number of likely N-dealkylation sites (N-methyl/N-ethyl adjacent to an activating group) is 1. The van der Waals surface area contributed by atoms with E-state index in [1.54, 1.807) is 0 Å². The minimum absolute atomic E-state index is 0.128. The molecule has 0 radical (unpaired) electrons. The molecule has 2 amide bonds. The molecule has 3 rings (SSSR count). The Balaban J connectivity index is 1.45. The molecule has 0 N–H and O–H groups in total. The fraction of sp³-hybridized carbons (Fsp3) is 0.696. The van der Waals surface area contributed by atoms with Crippen molar-refractivity contribution in [3.8, 4) is 0 Å². The largest absolute Gasteiger partial charge is 0.371 e. The molecule has 2 fully saturated rings. The summed E-state index contributed by atoms with van der Waals surface area (Å²) in [5, 5.41) is 0. The third-order valence-corrected chi connectivity index (χ3v) is 6.46. The van der Waals surface area contributed by atoms with Crippen LogP contribution >= 0.6 is 0 Å². The molecule has 0 aliphatic carbocycles. The van der Waals surface area contributed by atoms with E-state index in [0.717, 1.165) is 71.1 Å². The van der Waals surface area contributed by atoms with Crippen molar-refractivity contribution in [2.75, 3.05) is 38.1 Å². The Bertz CT molecular complexity index is 658. The zero-order chi connectivity index (χ0) is 20.6. The summed E-state index contributed by atoms with van der Waals surface area (Å²) in [6.45, 7) is 5.66. The number of carbonyl (C=O) groups is 2. The van der Waals surface area contributed by atoms with E-state index in [1.165, 1.54) is 5.69 Å². The van der Waals surface area contributed by atoms with Gasteiger partial charge in [-0.15, -0.1) is 0 Å². The van der Waals surface area contributed by atoms with Gasteiger partial charge in [0.15, 0.2) is 0 Å². The topological polar surface area (TPSA) is 56.8 Å². The van der Waals surface area contributed by atoms with E-state index in [9.17, 15) is 9.59 Å². The van der Waals surface area contributed by atoms with E-state index >= 15 is 0 Å². The van der Waals surface area contributed by atoms with Crippen LogP contribution in [0.3, 0.4) is 0 Å². The number of nitrogens with zero attached hydrogens (tertiary/aromatic N) is 4. The van der Waals surface area contributed by atoms with Crippen LogP contribution in [0.25, 0.3) is 0 Å². The molecule has 2 aliphatic rings. The molecule has 0 saturated carbocycles. The third kappa shape index (κ3) is 5.71. The van der Waals surface area contributed by atoms with Gasteiger partial charge in [-0.2, -0.15) is 0 Å². The molecule has 1 aromatic rings. The van der Waals surface area contributed by atoms with Gasteiger partial charge in [-0.05, 0) is 63.0 Å². The quantitative estimate of drug-likeness (QED) is 0.704. The highest BCUT2D eigenvalue weighted by atomic mass is 16.2. The normalized spacial score (nSPS) is 20.6. The van der Waals surface area contributed by atoms with Gasteiger partial charge in [0.2, 0.25) is 11.8 Å². The standard InChI is InChI=1S/C23H36N4O2/c1-3-6-22(28)27-15-5-4-7-21(27)23(29)25(2)16-10-19-11-17-26(18-12-19)20-8-13-24-14-9-20/h8-9,13-14,19,21H,3-7,10-12,15-18H2,1-2H3/t21-/m0/s1. The highest BCUT2D eigenvalue weighted by Gasteiger charge is 2.33. The van der Waals surface area contributed by atoms with E-state index in [1.807, 2.05) is 36.2 Å². The van der Waals surface area contributed by atoms with Crippen molar-refractivity contribution in [1.82, 2.24) is 14.8 Å². The summed E-state index contributed by atoms with van der Waals surface area (Å²) in [7, 11) is 1.91. The molecule has 1 atom stereocenters. The Kier molecular flexibility index (Phi) is 7.90. The monoisotopic (exact) mass is 400 g/mol. The van der Waals surface area contributed by atoms with Crippen molar-refractivity contribution in [2.45, 2.75) is 64.3 Å². The average molecular weight is 401 g/mol. The number of piperidine rings is 2. The molecule has 3 heterocycles. The van der Waals surface area contributed by atoms with Crippen LogP contribution in [0.4, 0.5) is 5.69 Å². The van der Waals surface area contributed by atoms with E-state index in [4.69, 9.17) is 0 Å². The van der Waals surface area contributed by atoms with Gasteiger partial charge in [0.1, 0.15) is 6.04 Å². The lowest BCUT2D eigenvalue weighted by Crippen LogP contribution is -2.52. The van der Waals surface area contributed by atoms with Crippen LogP contribution in [0.2, 0.25) is 0 Å². The van der Waals surface area contributed by atoms with Crippen LogP contribution in [-0.4, -0.2) is 65.9 Å². The number of pyridine rings is 1. The first kappa shape index (κ1) is 21.6. The zero-order valence-electron chi connectivity index (χ0n) is 18.1. The van der Waals surface area contributed by atoms with Crippen molar-refractivity contribution < 1.29 is 9.59 Å². The first-order valence-electron chi connectivity index (χ1n) is 11.3. The summed E-state index contributed by atoms with van der Waals surface area (Å²) < 4.78 is 0. The zero-order valence-corrected chi connectivity index (χ0v) is 18.1. The van der Waals surface area contributed by atoms with Gasteiger partial charge in [0.25, 0.3) is 0 Å². The number of anilines is 1. The molecule has 0 aromatic carbocycles. The van der Waals surface area contributed by atoms with E-state index < -0.39 is 0 Å². The summed E-state index contributed by atoms with van der Waals surface area (Å²) in [6.07, 6.45) is 11.3. The van der Waals surface area contributed by atoms with Crippen molar-refractivity contribution >= 4 is 17.5 Å². The van der Waals surface area contributed by atoms with Gasteiger partial charge in [-0.3, -0.25) is 14.6 Å². The second-order valence-corrected chi connectivity index (χ2v) is 8.53. The van der Waals surface area contributed by atoms with Gasteiger partial charge < -0.3 is 14.7 Å². The number of amides is 2. The molecule has 1 aromatic heterocycles. The minimum atomic E-state index is -0.249. The summed E-state index contributed by atoms with van der Waals surface area (Å²) in [5.74, 6) is 0.929. The summed E-state index contributed by atoms with van der Waals surface area (Å²) in [5.41, 5.74) is 1.25. The van der Waals surface area contributed by atoms with Crippen molar-refractivity contribution in [2.24, 2.45) is 5.92 Å². The predicted octanol–water partition coefficient (Wildman–Crippen LogP) is 3.33. The van der Waals surface area contributed by atoms with Crippen LogP contribution in [0.1, 0.15) is 58.3 Å². The number of aromatic nitrogens is 1. The Morgan fingerprint density at radius 1 is 1.10 bits per heavy atom. The Morgan fingerprint density at radius 2 is 1.83 bits per heavy atom. The Labute approximate surface area is 175 Å².